The molecule has 0 fully saturated rings. The fourth-order valence-electron chi connectivity index (χ4n) is 1.72. The zero-order valence-electron chi connectivity index (χ0n) is 11.2. The van der Waals surface area contributed by atoms with E-state index in [0.29, 0.717) is 24.4 Å². The van der Waals surface area contributed by atoms with Crippen LogP contribution in [-0.4, -0.2) is 48.6 Å². The van der Waals surface area contributed by atoms with Crippen molar-refractivity contribution in [1.82, 2.24) is 4.90 Å². The third-order valence-electron chi connectivity index (χ3n) is 2.86. The van der Waals surface area contributed by atoms with Crippen LogP contribution in [0.25, 0.3) is 0 Å². The van der Waals surface area contributed by atoms with Gasteiger partial charge in [-0.15, -0.1) is 0 Å². The summed E-state index contributed by atoms with van der Waals surface area (Å²) in [4.78, 5) is 14.1. The van der Waals surface area contributed by atoms with Crippen molar-refractivity contribution in [3.05, 3.63) is 29.8 Å². The van der Waals surface area contributed by atoms with Gasteiger partial charge in [-0.25, -0.2) is 0 Å². The van der Waals surface area contributed by atoms with E-state index < -0.39 is 0 Å². The maximum atomic E-state index is 12.1. The topological polar surface area (TPSA) is 49.8 Å². The number of ether oxygens (including phenoxy) is 1. The SMILES string of the molecule is COc1cccc(C(=O)CN(CCO)C(C)C)c1. The largest absolute Gasteiger partial charge is 0.497 e. The van der Waals surface area contributed by atoms with Crippen LogP contribution in [0.4, 0.5) is 0 Å². The molecular formula is C14H21NO3. The van der Waals surface area contributed by atoms with Crippen LogP contribution in [-0.2, 0) is 0 Å². The van der Waals surface area contributed by atoms with Gasteiger partial charge in [-0.1, -0.05) is 12.1 Å². The minimum atomic E-state index is 0.0380. The predicted molar refractivity (Wildman–Crippen MR) is 71.1 cm³/mol. The highest BCUT2D eigenvalue weighted by atomic mass is 16.5. The number of rotatable bonds is 7. The first-order valence-electron chi connectivity index (χ1n) is 6.10. The molecule has 0 unspecified atom stereocenters. The lowest BCUT2D eigenvalue weighted by Crippen LogP contribution is -2.37. The Labute approximate surface area is 108 Å². The number of carbonyl (C=O) groups excluding carboxylic acids is 1. The molecule has 1 rings (SSSR count). The summed E-state index contributed by atoms with van der Waals surface area (Å²) < 4.78 is 5.10. The number of hydrogen-bond donors (Lipinski definition) is 1. The average molecular weight is 251 g/mol. The van der Waals surface area contributed by atoms with E-state index >= 15 is 0 Å². The molecule has 0 heterocycles. The molecule has 1 N–H and O–H groups in total. The lowest BCUT2D eigenvalue weighted by atomic mass is 10.1. The van der Waals surface area contributed by atoms with Crippen LogP contribution in [0, 0.1) is 0 Å². The van der Waals surface area contributed by atoms with Gasteiger partial charge in [0.1, 0.15) is 5.75 Å². The van der Waals surface area contributed by atoms with Crippen molar-refractivity contribution in [2.75, 3.05) is 26.8 Å². The van der Waals surface area contributed by atoms with Crippen LogP contribution in [0.3, 0.4) is 0 Å². The molecule has 0 aliphatic heterocycles. The standard InChI is InChI=1S/C14H21NO3/c1-11(2)15(7-8-16)10-14(17)12-5-4-6-13(9-12)18-3/h4-6,9,11,16H,7-8,10H2,1-3H3. The van der Waals surface area contributed by atoms with Gasteiger partial charge in [-0.3, -0.25) is 9.69 Å². The van der Waals surface area contributed by atoms with Gasteiger partial charge in [0.25, 0.3) is 0 Å². The number of aliphatic hydroxyl groups is 1. The van der Waals surface area contributed by atoms with Crippen LogP contribution < -0.4 is 4.74 Å². The quantitative estimate of drug-likeness (QED) is 0.748. The summed E-state index contributed by atoms with van der Waals surface area (Å²) in [5, 5.41) is 8.98. The molecule has 0 amide bonds. The Balaban J connectivity index is 2.73. The van der Waals surface area contributed by atoms with Crippen LogP contribution in [0.5, 0.6) is 5.75 Å². The summed E-state index contributed by atoms with van der Waals surface area (Å²) in [5.41, 5.74) is 0.637. The van der Waals surface area contributed by atoms with Gasteiger partial charge in [0, 0.05) is 18.2 Å². The first-order chi connectivity index (χ1) is 8.58. The number of benzene rings is 1. The predicted octanol–water partition coefficient (Wildman–Crippen LogP) is 1.58. The lowest BCUT2D eigenvalue weighted by molar-refractivity contribution is 0.0881. The second-order valence-corrected chi connectivity index (χ2v) is 4.44. The Morgan fingerprint density at radius 3 is 2.72 bits per heavy atom. The number of methoxy groups -OCH3 is 1. The Bertz CT molecular complexity index is 390. The number of carbonyl (C=O) groups is 1. The van der Waals surface area contributed by atoms with Crippen molar-refractivity contribution < 1.29 is 14.6 Å². The Morgan fingerprint density at radius 1 is 1.44 bits per heavy atom. The molecule has 0 aliphatic rings. The molecule has 0 radical (unpaired) electrons. The second-order valence-electron chi connectivity index (χ2n) is 4.44. The van der Waals surface area contributed by atoms with E-state index in [-0.39, 0.29) is 18.4 Å². The molecule has 0 bridgehead atoms. The maximum absolute atomic E-state index is 12.1. The lowest BCUT2D eigenvalue weighted by Gasteiger charge is -2.24. The minimum absolute atomic E-state index is 0.0380. The zero-order chi connectivity index (χ0) is 13.5. The normalized spacial score (nSPS) is 11.0. The van der Waals surface area contributed by atoms with Gasteiger partial charge < -0.3 is 9.84 Å². The second kappa shape index (κ2) is 7.13. The monoisotopic (exact) mass is 251 g/mol. The van der Waals surface area contributed by atoms with E-state index in [1.54, 1.807) is 25.3 Å². The average Bonchev–Trinajstić information content (AvgIpc) is 2.38. The van der Waals surface area contributed by atoms with Gasteiger partial charge in [0.05, 0.1) is 20.3 Å². The summed E-state index contributed by atoms with van der Waals surface area (Å²) in [5.74, 6) is 0.718. The molecule has 100 valence electrons. The van der Waals surface area contributed by atoms with Gasteiger partial charge in [-0.05, 0) is 26.0 Å². The van der Waals surface area contributed by atoms with Gasteiger partial charge in [-0.2, -0.15) is 0 Å². The highest BCUT2D eigenvalue weighted by Gasteiger charge is 2.15. The molecule has 0 atom stereocenters. The third kappa shape index (κ3) is 4.13. The van der Waals surface area contributed by atoms with Crippen LogP contribution in [0.2, 0.25) is 0 Å². The van der Waals surface area contributed by atoms with Crippen LogP contribution in [0.15, 0.2) is 24.3 Å². The molecular weight excluding hydrogens is 230 g/mol. The Hall–Kier alpha value is -1.39. The summed E-state index contributed by atoms with van der Waals surface area (Å²) in [6.45, 7) is 4.89. The molecule has 0 aromatic heterocycles. The molecule has 1 aromatic rings. The molecule has 1 aromatic carbocycles. The molecule has 0 saturated heterocycles. The molecule has 0 spiro atoms. The number of hydrogen-bond acceptors (Lipinski definition) is 4. The summed E-state index contributed by atoms with van der Waals surface area (Å²) in [6, 6.07) is 7.36. The van der Waals surface area contributed by atoms with E-state index in [9.17, 15) is 4.79 Å². The third-order valence-corrected chi connectivity index (χ3v) is 2.86. The Kier molecular flexibility index (Phi) is 5.82. The summed E-state index contributed by atoms with van der Waals surface area (Å²) in [7, 11) is 1.58. The van der Waals surface area contributed by atoms with Crippen LogP contribution >= 0.6 is 0 Å². The van der Waals surface area contributed by atoms with Gasteiger partial charge in [0.2, 0.25) is 0 Å². The van der Waals surface area contributed by atoms with Crippen LogP contribution in [0.1, 0.15) is 24.2 Å². The highest BCUT2D eigenvalue weighted by molar-refractivity contribution is 5.97. The van der Waals surface area contributed by atoms with Crippen molar-refractivity contribution in [2.24, 2.45) is 0 Å². The van der Waals surface area contributed by atoms with Crippen molar-refractivity contribution in [3.63, 3.8) is 0 Å². The number of nitrogens with zero attached hydrogens (tertiary/aromatic N) is 1. The fraction of sp³-hybridized carbons (Fsp3) is 0.500. The molecule has 0 saturated carbocycles. The van der Waals surface area contributed by atoms with E-state index in [1.807, 2.05) is 24.8 Å². The van der Waals surface area contributed by atoms with Crippen molar-refractivity contribution in [1.29, 1.82) is 0 Å². The number of Topliss-reactive ketones (excluding diaryl/α,β-unsaturated/α-hetero) is 1. The highest BCUT2D eigenvalue weighted by Crippen LogP contribution is 2.13. The molecule has 0 aliphatic carbocycles. The minimum Gasteiger partial charge on any atom is -0.497 e. The van der Waals surface area contributed by atoms with Gasteiger partial charge in [0.15, 0.2) is 5.78 Å². The van der Waals surface area contributed by atoms with Crippen molar-refractivity contribution in [3.8, 4) is 5.75 Å². The maximum Gasteiger partial charge on any atom is 0.176 e. The molecule has 18 heavy (non-hydrogen) atoms. The van der Waals surface area contributed by atoms with E-state index in [2.05, 4.69) is 0 Å². The molecule has 4 heteroatoms. The smallest absolute Gasteiger partial charge is 0.176 e. The van der Waals surface area contributed by atoms with Crippen molar-refractivity contribution >= 4 is 5.78 Å². The Morgan fingerprint density at radius 2 is 2.17 bits per heavy atom. The summed E-state index contributed by atoms with van der Waals surface area (Å²) >= 11 is 0. The number of ketones is 1. The van der Waals surface area contributed by atoms with Crippen molar-refractivity contribution in [2.45, 2.75) is 19.9 Å². The first kappa shape index (κ1) is 14.7. The van der Waals surface area contributed by atoms with E-state index in [0.717, 1.165) is 0 Å². The van der Waals surface area contributed by atoms with Gasteiger partial charge >= 0.3 is 0 Å². The zero-order valence-corrected chi connectivity index (χ0v) is 11.2. The fourth-order valence-corrected chi connectivity index (χ4v) is 1.72. The van der Waals surface area contributed by atoms with E-state index in [1.165, 1.54) is 0 Å². The number of aliphatic hydroxyl groups excluding tert-OH is 1. The van der Waals surface area contributed by atoms with E-state index in [4.69, 9.17) is 9.84 Å². The summed E-state index contributed by atoms with van der Waals surface area (Å²) in [6.07, 6.45) is 0. The first-order valence-corrected chi connectivity index (χ1v) is 6.10. The molecule has 4 nitrogen and oxygen atoms in total.